The number of carbonyl (C=O) groups excluding carboxylic acids is 1. The molecule has 0 aromatic rings. The standard InChI is InChI=1S/C14H26N2O2/c17-14(11-18-13-8-5-9-15-10-13)16-12-6-3-1-2-4-7-12/h12-13,15H,1-11H2,(H,16,17)/t13-/m0/s1. The molecular weight excluding hydrogens is 228 g/mol. The van der Waals surface area contributed by atoms with Crippen LogP contribution in [0.2, 0.25) is 0 Å². The first-order valence-electron chi connectivity index (χ1n) is 7.46. The van der Waals surface area contributed by atoms with E-state index >= 15 is 0 Å². The summed E-state index contributed by atoms with van der Waals surface area (Å²) in [6.45, 7) is 2.19. The summed E-state index contributed by atoms with van der Waals surface area (Å²) < 4.78 is 5.64. The van der Waals surface area contributed by atoms with Gasteiger partial charge < -0.3 is 15.4 Å². The van der Waals surface area contributed by atoms with E-state index in [1.165, 1.54) is 25.7 Å². The van der Waals surface area contributed by atoms with E-state index < -0.39 is 0 Å². The molecule has 1 heterocycles. The number of rotatable bonds is 4. The third-order valence-electron chi connectivity index (χ3n) is 3.92. The molecule has 2 fully saturated rings. The lowest BCUT2D eigenvalue weighted by atomic mass is 10.1. The molecule has 0 aromatic heterocycles. The van der Waals surface area contributed by atoms with Crippen molar-refractivity contribution in [2.45, 2.75) is 63.5 Å². The van der Waals surface area contributed by atoms with Crippen molar-refractivity contribution in [1.82, 2.24) is 10.6 Å². The molecule has 1 amide bonds. The van der Waals surface area contributed by atoms with Crippen LogP contribution in [0.1, 0.15) is 51.4 Å². The van der Waals surface area contributed by atoms with Crippen molar-refractivity contribution in [1.29, 1.82) is 0 Å². The van der Waals surface area contributed by atoms with Gasteiger partial charge in [-0.2, -0.15) is 0 Å². The maximum absolute atomic E-state index is 11.8. The van der Waals surface area contributed by atoms with E-state index in [-0.39, 0.29) is 18.6 Å². The summed E-state index contributed by atoms with van der Waals surface area (Å²) in [4.78, 5) is 11.8. The zero-order chi connectivity index (χ0) is 12.6. The van der Waals surface area contributed by atoms with Gasteiger partial charge in [0.15, 0.2) is 0 Å². The highest BCUT2D eigenvalue weighted by atomic mass is 16.5. The van der Waals surface area contributed by atoms with E-state index in [1.54, 1.807) is 0 Å². The average molecular weight is 254 g/mol. The topological polar surface area (TPSA) is 50.4 Å². The van der Waals surface area contributed by atoms with Gasteiger partial charge in [0.1, 0.15) is 6.61 Å². The molecule has 1 aliphatic heterocycles. The highest BCUT2D eigenvalue weighted by Gasteiger charge is 2.17. The summed E-state index contributed by atoms with van der Waals surface area (Å²) in [5.74, 6) is 0.0625. The second-order valence-electron chi connectivity index (χ2n) is 5.54. The Morgan fingerprint density at radius 1 is 1.11 bits per heavy atom. The number of ether oxygens (including phenoxy) is 1. The molecule has 2 rings (SSSR count). The first-order chi connectivity index (χ1) is 8.84. The summed E-state index contributed by atoms with van der Waals surface area (Å²) >= 11 is 0. The predicted octanol–water partition coefficient (Wildman–Crippen LogP) is 1.59. The van der Waals surface area contributed by atoms with Gasteiger partial charge in [0, 0.05) is 12.6 Å². The quantitative estimate of drug-likeness (QED) is 0.749. The Labute approximate surface area is 110 Å². The van der Waals surface area contributed by atoms with Crippen molar-refractivity contribution < 1.29 is 9.53 Å². The molecular formula is C14H26N2O2. The lowest BCUT2D eigenvalue weighted by Gasteiger charge is -2.23. The molecule has 4 heteroatoms. The van der Waals surface area contributed by atoms with Crippen molar-refractivity contribution >= 4 is 5.91 Å². The molecule has 2 N–H and O–H groups in total. The lowest BCUT2D eigenvalue weighted by Crippen LogP contribution is -2.40. The maximum Gasteiger partial charge on any atom is 0.246 e. The maximum atomic E-state index is 11.8. The van der Waals surface area contributed by atoms with Crippen LogP contribution in [0.25, 0.3) is 0 Å². The van der Waals surface area contributed by atoms with Crippen molar-refractivity contribution in [2.75, 3.05) is 19.7 Å². The average Bonchev–Trinajstić information content (AvgIpc) is 2.66. The third-order valence-corrected chi connectivity index (χ3v) is 3.92. The summed E-state index contributed by atoms with van der Waals surface area (Å²) in [5.41, 5.74) is 0. The molecule has 1 atom stereocenters. The Bertz CT molecular complexity index is 244. The van der Waals surface area contributed by atoms with Crippen molar-refractivity contribution in [3.63, 3.8) is 0 Å². The van der Waals surface area contributed by atoms with E-state index in [0.29, 0.717) is 6.04 Å². The fourth-order valence-electron chi connectivity index (χ4n) is 2.85. The van der Waals surface area contributed by atoms with Crippen LogP contribution in [0.15, 0.2) is 0 Å². The normalized spacial score (nSPS) is 26.6. The van der Waals surface area contributed by atoms with Crippen LogP contribution in [0.4, 0.5) is 0 Å². The van der Waals surface area contributed by atoms with Gasteiger partial charge in [-0.3, -0.25) is 4.79 Å². The minimum absolute atomic E-state index is 0.0625. The molecule has 0 bridgehead atoms. The lowest BCUT2D eigenvalue weighted by molar-refractivity contribution is -0.128. The van der Waals surface area contributed by atoms with Gasteiger partial charge in [-0.15, -0.1) is 0 Å². The number of carbonyl (C=O) groups is 1. The Balaban J connectivity index is 1.61. The predicted molar refractivity (Wildman–Crippen MR) is 71.5 cm³/mol. The van der Waals surface area contributed by atoms with Gasteiger partial charge in [0.05, 0.1) is 6.10 Å². The molecule has 1 saturated carbocycles. The fourth-order valence-corrected chi connectivity index (χ4v) is 2.85. The summed E-state index contributed by atoms with van der Waals surface area (Å²) in [5, 5.41) is 6.41. The van der Waals surface area contributed by atoms with E-state index in [2.05, 4.69) is 10.6 Å². The molecule has 0 unspecified atom stereocenters. The number of piperidine rings is 1. The monoisotopic (exact) mass is 254 g/mol. The molecule has 1 saturated heterocycles. The third kappa shape index (κ3) is 4.94. The zero-order valence-electron chi connectivity index (χ0n) is 11.2. The van der Waals surface area contributed by atoms with Crippen LogP contribution in [-0.4, -0.2) is 37.7 Å². The first-order valence-corrected chi connectivity index (χ1v) is 7.46. The summed E-state index contributed by atoms with van der Waals surface area (Å²) in [7, 11) is 0. The number of hydrogen-bond acceptors (Lipinski definition) is 3. The van der Waals surface area contributed by atoms with Crippen LogP contribution in [0.3, 0.4) is 0 Å². The van der Waals surface area contributed by atoms with E-state index in [9.17, 15) is 4.79 Å². The highest BCUT2D eigenvalue weighted by Crippen LogP contribution is 2.17. The van der Waals surface area contributed by atoms with Gasteiger partial charge >= 0.3 is 0 Å². The van der Waals surface area contributed by atoms with E-state index in [1.807, 2.05) is 0 Å². The zero-order valence-corrected chi connectivity index (χ0v) is 11.2. The van der Waals surface area contributed by atoms with Crippen molar-refractivity contribution in [2.24, 2.45) is 0 Å². The Morgan fingerprint density at radius 2 is 1.89 bits per heavy atom. The minimum atomic E-state index is 0.0625. The van der Waals surface area contributed by atoms with Gasteiger partial charge in [0.2, 0.25) is 5.91 Å². The van der Waals surface area contributed by atoms with Crippen LogP contribution in [0.5, 0.6) is 0 Å². The Hall–Kier alpha value is -0.610. The molecule has 2 aliphatic rings. The smallest absolute Gasteiger partial charge is 0.246 e. The van der Waals surface area contributed by atoms with Crippen LogP contribution >= 0.6 is 0 Å². The first kappa shape index (κ1) is 13.8. The number of amides is 1. The molecule has 104 valence electrons. The molecule has 18 heavy (non-hydrogen) atoms. The Kier molecular flexibility index (Phi) is 5.94. The number of hydrogen-bond donors (Lipinski definition) is 2. The molecule has 1 aliphatic carbocycles. The second kappa shape index (κ2) is 7.74. The summed E-state index contributed by atoms with van der Waals surface area (Å²) in [6, 6.07) is 0.382. The van der Waals surface area contributed by atoms with Crippen molar-refractivity contribution in [3.8, 4) is 0 Å². The molecule has 0 radical (unpaired) electrons. The van der Waals surface area contributed by atoms with Crippen LogP contribution in [0, 0.1) is 0 Å². The largest absolute Gasteiger partial charge is 0.367 e. The van der Waals surface area contributed by atoms with E-state index in [0.717, 1.165) is 38.8 Å². The van der Waals surface area contributed by atoms with Gasteiger partial charge in [0.25, 0.3) is 0 Å². The van der Waals surface area contributed by atoms with Crippen LogP contribution < -0.4 is 10.6 Å². The molecule has 0 spiro atoms. The van der Waals surface area contributed by atoms with Gasteiger partial charge in [-0.1, -0.05) is 25.7 Å². The Morgan fingerprint density at radius 3 is 2.56 bits per heavy atom. The highest BCUT2D eigenvalue weighted by molar-refractivity contribution is 5.77. The van der Waals surface area contributed by atoms with Gasteiger partial charge in [-0.25, -0.2) is 0 Å². The van der Waals surface area contributed by atoms with Gasteiger partial charge in [-0.05, 0) is 32.2 Å². The fraction of sp³-hybridized carbons (Fsp3) is 0.929. The molecule has 4 nitrogen and oxygen atoms in total. The van der Waals surface area contributed by atoms with Crippen LogP contribution in [-0.2, 0) is 9.53 Å². The minimum Gasteiger partial charge on any atom is -0.367 e. The van der Waals surface area contributed by atoms with Crippen molar-refractivity contribution in [3.05, 3.63) is 0 Å². The SMILES string of the molecule is O=C(CO[C@H]1CCCNC1)NC1CCCCCC1. The molecule has 0 aromatic carbocycles. The van der Waals surface area contributed by atoms with E-state index in [4.69, 9.17) is 4.74 Å². The number of nitrogens with one attached hydrogen (secondary N) is 2. The summed E-state index contributed by atoms with van der Waals surface area (Å²) in [6.07, 6.45) is 9.84. The second-order valence-corrected chi connectivity index (χ2v) is 5.54.